The van der Waals surface area contributed by atoms with Crippen LogP contribution in [0.2, 0.25) is 0 Å². The van der Waals surface area contributed by atoms with Gasteiger partial charge in [-0.2, -0.15) is 0 Å². The molecule has 0 aliphatic carbocycles. The van der Waals surface area contributed by atoms with Gasteiger partial charge in [0, 0.05) is 19.6 Å². The van der Waals surface area contributed by atoms with E-state index in [4.69, 9.17) is 0 Å². The van der Waals surface area contributed by atoms with Gasteiger partial charge in [0.25, 0.3) is 0 Å². The van der Waals surface area contributed by atoms with Gasteiger partial charge >= 0.3 is 0 Å². The maximum Gasteiger partial charge on any atom is 0.146 e. The SMILES string of the molecule is CCNCc1cccc(F)c1N(CC(C)C)CC(C)C. The van der Waals surface area contributed by atoms with E-state index in [1.807, 2.05) is 6.07 Å². The van der Waals surface area contributed by atoms with Gasteiger partial charge in [0.1, 0.15) is 5.82 Å². The fraction of sp³-hybridized carbons (Fsp3) is 0.647. The summed E-state index contributed by atoms with van der Waals surface area (Å²) in [6.07, 6.45) is 0. The van der Waals surface area contributed by atoms with Crippen molar-refractivity contribution in [2.24, 2.45) is 11.8 Å². The minimum absolute atomic E-state index is 0.110. The van der Waals surface area contributed by atoms with Gasteiger partial charge in [-0.3, -0.25) is 0 Å². The van der Waals surface area contributed by atoms with Crippen molar-refractivity contribution in [3.05, 3.63) is 29.6 Å². The second kappa shape index (κ2) is 8.25. The number of nitrogens with zero attached hydrogens (tertiary/aromatic N) is 1. The summed E-state index contributed by atoms with van der Waals surface area (Å²) >= 11 is 0. The van der Waals surface area contributed by atoms with Crippen LogP contribution in [-0.2, 0) is 6.54 Å². The Morgan fingerprint density at radius 2 is 1.70 bits per heavy atom. The monoisotopic (exact) mass is 280 g/mol. The molecule has 3 heteroatoms. The van der Waals surface area contributed by atoms with Crippen molar-refractivity contribution >= 4 is 5.69 Å². The molecule has 0 bridgehead atoms. The lowest BCUT2D eigenvalue weighted by atomic mass is 10.1. The van der Waals surface area contributed by atoms with E-state index in [1.54, 1.807) is 12.1 Å². The van der Waals surface area contributed by atoms with Crippen molar-refractivity contribution < 1.29 is 4.39 Å². The van der Waals surface area contributed by atoms with E-state index >= 15 is 0 Å². The number of rotatable bonds is 8. The zero-order valence-corrected chi connectivity index (χ0v) is 13.5. The summed E-state index contributed by atoms with van der Waals surface area (Å²) in [6, 6.07) is 5.39. The van der Waals surface area contributed by atoms with Gasteiger partial charge < -0.3 is 10.2 Å². The summed E-state index contributed by atoms with van der Waals surface area (Å²) in [4.78, 5) is 2.21. The van der Waals surface area contributed by atoms with Crippen molar-refractivity contribution in [1.82, 2.24) is 5.32 Å². The van der Waals surface area contributed by atoms with E-state index < -0.39 is 0 Å². The second-order valence-corrected chi connectivity index (χ2v) is 6.22. The highest BCUT2D eigenvalue weighted by Gasteiger charge is 2.17. The van der Waals surface area contributed by atoms with Crippen LogP contribution in [0.3, 0.4) is 0 Å². The molecule has 1 rings (SSSR count). The lowest BCUT2D eigenvalue weighted by Crippen LogP contribution is -2.33. The van der Waals surface area contributed by atoms with E-state index in [0.717, 1.165) is 37.4 Å². The standard InChI is InChI=1S/C17H29FN2/c1-6-19-10-15-8-7-9-16(18)17(15)20(11-13(2)3)12-14(4)5/h7-9,13-14,19H,6,10-12H2,1-5H3. The van der Waals surface area contributed by atoms with Crippen LogP contribution in [-0.4, -0.2) is 19.6 Å². The molecule has 0 aromatic heterocycles. The Bertz CT molecular complexity index is 392. The van der Waals surface area contributed by atoms with Gasteiger partial charge in [-0.05, 0) is 30.0 Å². The number of para-hydroxylation sites is 1. The molecule has 0 atom stereocenters. The van der Waals surface area contributed by atoms with E-state index in [0.29, 0.717) is 11.8 Å². The molecule has 0 aliphatic heterocycles. The Hall–Kier alpha value is -1.09. The molecule has 114 valence electrons. The first kappa shape index (κ1) is 17.0. The number of hydrogen-bond donors (Lipinski definition) is 1. The van der Waals surface area contributed by atoms with Crippen molar-refractivity contribution in [2.45, 2.75) is 41.2 Å². The predicted octanol–water partition coefficient (Wildman–Crippen LogP) is 4.05. The molecule has 0 spiro atoms. The molecule has 0 saturated carbocycles. The maximum atomic E-state index is 14.4. The molecule has 1 aromatic rings. The quantitative estimate of drug-likeness (QED) is 0.772. The van der Waals surface area contributed by atoms with Crippen molar-refractivity contribution in [3.8, 4) is 0 Å². The number of hydrogen-bond acceptors (Lipinski definition) is 2. The van der Waals surface area contributed by atoms with E-state index in [1.165, 1.54) is 0 Å². The highest BCUT2D eigenvalue weighted by molar-refractivity contribution is 5.55. The summed E-state index contributed by atoms with van der Waals surface area (Å²) in [7, 11) is 0. The zero-order valence-electron chi connectivity index (χ0n) is 13.5. The third-order valence-electron chi connectivity index (χ3n) is 3.12. The topological polar surface area (TPSA) is 15.3 Å². The van der Waals surface area contributed by atoms with Gasteiger partial charge in [-0.25, -0.2) is 4.39 Å². The number of benzene rings is 1. The Labute approximate surface area is 123 Å². The Morgan fingerprint density at radius 1 is 1.10 bits per heavy atom. The number of halogens is 1. The van der Waals surface area contributed by atoms with E-state index in [2.05, 4.69) is 44.8 Å². The van der Waals surface area contributed by atoms with Crippen molar-refractivity contribution in [1.29, 1.82) is 0 Å². The highest BCUT2D eigenvalue weighted by atomic mass is 19.1. The van der Waals surface area contributed by atoms with Gasteiger partial charge in [0.2, 0.25) is 0 Å². The van der Waals surface area contributed by atoms with Gasteiger partial charge in [0.05, 0.1) is 5.69 Å². The van der Waals surface area contributed by atoms with Crippen LogP contribution in [0.25, 0.3) is 0 Å². The molecule has 1 N–H and O–H groups in total. The van der Waals surface area contributed by atoms with Crippen molar-refractivity contribution in [3.63, 3.8) is 0 Å². The van der Waals surface area contributed by atoms with Gasteiger partial charge in [0.15, 0.2) is 0 Å². The molecule has 0 amide bonds. The summed E-state index contributed by atoms with van der Waals surface area (Å²) in [6.45, 7) is 14.2. The molecule has 0 heterocycles. The Balaban J connectivity index is 3.08. The molecule has 0 radical (unpaired) electrons. The third-order valence-corrected chi connectivity index (χ3v) is 3.12. The molecule has 0 fully saturated rings. The number of anilines is 1. The van der Waals surface area contributed by atoms with Crippen LogP contribution >= 0.6 is 0 Å². The maximum absolute atomic E-state index is 14.4. The average molecular weight is 280 g/mol. The largest absolute Gasteiger partial charge is 0.368 e. The summed E-state index contributed by atoms with van der Waals surface area (Å²) in [5, 5.41) is 3.30. The fourth-order valence-electron chi connectivity index (χ4n) is 2.46. The molecule has 0 saturated heterocycles. The fourth-order valence-corrected chi connectivity index (χ4v) is 2.46. The highest BCUT2D eigenvalue weighted by Crippen LogP contribution is 2.26. The number of nitrogens with one attached hydrogen (secondary N) is 1. The molecule has 20 heavy (non-hydrogen) atoms. The van der Waals surface area contributed by atoms with Crippen LogP contribution in [0.15, 0.2) is 18.2 Å². The second-order valence-electron chi connectivity index (χ2n) is 6.22. The zero-order chi connectivity index (χ0) is 15.1. The van der Waals surface area contributed by atoms with Crippen LogP contribution in [0.5, 0.6) is 0 Å². The Kier molecular flexibility index (Phi) is 7.00. The first-order valence-corrected chi connectivity index (χ1v) is 7.68. The Morgan fingerprint density at radius 3 is 2.20 bits per heavy atom. The minimum Gasteiger partial charge on any atom is -0.368 e. The smallest absolute Gasteiger partial charge is 0.146 e. The van der Waals surface area contributed by atoms with E-state index in [9.17, 15) is 4.39 Å². The predicted molar refractivity (Wildman–Crippen MR) is 85.7 cm³/mol. The summed E-state index contributed by atoms with van der Waals surface area (Å²) < 4.78 is 14.4. The third kappa shape index (κ3) is 5.12. The first-order valence-electron chi connectivity index (χ1n) is 7.68. The van der Waals surface area contributed by atoms with E-state index in [-0.39, 0.29) is 5.82 Å². The normalized spacial score (nSPS) is 11.4. The van der Waals surface area contributed by atoms with Crippen molar-refractivity contribution in [2.75, 3.05) is 24.5 Å². The summed E-state index contributed by atoms with van der Waals surface area (Å²) in [5.41, 5.74) is 1.82. The van der Waals surface area contributed by atoms with Crippen LogP contribution in [0.1, 0.15) is 40.2 Å². The summed E-state index contributed by atoms with van der Waals surface area (Å²) in [5.74, 6) is 0.919. The van der Waals surface area contributed by atoms with Crippen LogP contribution < -0.4 is 10.2 Å². The van der Waals surface area contributed by atoms with Crippen LogP contribution in [0.4, 0.5) is 10.1 Å². The van der Waals surface area contributed by atoms with Gasteiger partial charge in [-0.1, -0.05) is 46.8 Å². The molecule has 0 aliphatic rings. The average Bonchev–Trinajstić information content (AvgIpc) is 2.34. The first-order chi connectivity index (χ1) is 9.45. The molecular formula is C17H29FN2. The molecule has 1 aromatic carbocycles. The lowest BCUT2D eigenvalue weighted by Gasteiger charge is -2.30. The molecular weight excluding hydrogens is 251 g/mol. The lowest BCUT2D eigenvalue weighted by molar-refractivity contribution is 0.534. The molecule has 0 unspecified atom stereocenters. The van der Waals surface area contributed by atoms with Crippen LogP contribution in [0, 0.1) is 17.7 Å². The van der Waals surface area contributed by atoms with Gasteiger partial charge in [-0.15, -0.1) is 0 Å². The molecule has 2 nitrogen and oxygen atoms in total. The minimum atomic E-state index is -0.110.